The van der Waals surface area contributed by atoms with Gasteiger partial charge in [-0.15, -0.1) is 17.8 Å². The van der Waals surface area contributed by atoms with Gasteiger partial charge in [0, 0.05) is 10.4 Å². The van der Waals surface area contributed by atoms with Gasteiger partial charge in [0.2, 0.25) is 5.91 Å². The average Bonchev–Trinajstić information content (AvgIpc) is 2.92. The fourth-order valence-corrected chi connectivity index (χ4v) is 2.38. The molecule has 2 rings (SSSR count). The average molecular weight is 321 g/mol. The van der Waals surface area contributed by atoms with Crippen LogP contribution in [-0.2, 0) is 17.8 Å². The van der Waals surface area contributed by atoms with E-state index < -0.39 is 0 Å². The Kier molecular flexibility index (Phi) is 5.61. The summed E-state index contributed by atoms with van der Waals surface area (Å²) in [7, 11) is 0. The van der Waals surface area contributed by atoms with Gasteiger partial charge in [-0.3, -0.25) is 4.79 Å². The molecule has 0 atom stereocenters. The molecule has 1 aromatic heterocycles. The van der Waals surface area contributed by atoms with E-state index in [1.165, 1.54) is 11.3 Å². The number of hydrogen-bond donors (Lipinski definition) is 1. The van der Waals surface area contributed by atoms with E-state index in [9.17, 15) is 4.79 Å². The van der Waals surface area contributed by atoms with Gasteiger partial charge in [-0.05, 0) is 24.3 Å². The van der Waals surface area contributed by atoms with Gasteiger partial charge in [0.05, 0.1) is 18.7 Å². The monoisotopic (exact) mass is 320 g/mol. The van der Waals surface area contributed by atoms with Gasteiger partial charge >= 0.3 is 0 Å². The highest BCUT2D eigenvalue weighted by Crippen LogP contribution is 2.18. The Balaban J connectivity index is 1.84. The highest BCUT2D eigenvalue weighted by atomic mass is 35.5. The summed E-state index contributed by atoms with van der Waals surface area (Å²) in [5, 5.41) is 5.92. The maximum atomic E-state index is 11.5. The number of rotatable bonds is 6. The Hall–Kier alpha value is -2.03. The van der Waals surface area contributed by atoms with Crippen molar-refractivity contribution in [2.75, 3.05) is 6.54 Å². The van der Waals surface area contributed by atoms with Gasteiger partial charge in [0.1, 0.15) is 17.4 Å². The number of hydrogen-bond acceptors (Lipinski definition) is 4. The summed E-state index contributed by atoms with van der Waals surface area (Å²) >= 11 is 7.26. The molecule has 6 heteroatoms. The van der Waals surface area contributed by atoms with Gasteiger partial charge in [-0.2, -0.15) is 0 Å². The summed E-state index contributed by atoms with van der Waals surface area (Å²) in [6.07, 6.45) is 5.30. The molecule has 0 aliphatic rings. The molecule has 0 saturated heterocycles. The predicted molar refractivity (Wildman–Crippen MR) is 83.4 cm³/mol. The number of aromatic nitrogens is 1. The summed E-state index contributed by atoms with van der Waals surface area (Å²) in [6, 6.07) is 7.12. The largest absolute Gasteiger partial charge is 0.486 e. The molecule has 4 nitrogen and oxygen atoms in total. The Bertz CT molecular complexity index is 646. The molecule has 21 heavy (non-hydrogen) atoms. The normalized spacial score (nSPS) is 9.90. The van der Waals surface area contributed by atoms with Crippen molar-refractivity contribution >= 4 is 28.8 Å². The highest BCUT2D eigenvalue weighted by Gasteiger charge is 2.07. The molecule has 108 valence electrons. The standard InChI is InChI=1S/C15H13ClN2O2S/c1-2-7-17-14(19)8-12-10-21-15(18-12)9-20-13-5-3-11(16)4-6-13/h1,3-6,10H,7-9H2,(H,17,19). The van der Waals surface area contributed by atoms with Crippen LogP contribution in [0.1, 0.15) is 10.7 Å². The molecular formula is C15H13ClN2O2S. The molecule has 0 fully saturated rings. The lowest BCUT2D eigenvalue weighted by molar-refractivity contribution is -0.120. The zero-order valence-electron chi connectivity index (χ0n) is 11.1. The fraction of sp³-hybridized carbons (Fsp3) is 0.200. The number of halogens is 1. The third-order valence-corrected chi connectivity index (χ3v) is 3.63. The van der Waals surface area contributed by atoms with Crippen LogP contribution < -0.4 is 10.1 Å². The topological polar surface area (TPSA) is 51.2 Å². The number of terminal acetylenes is 1. The van der Waals surface area contributed by atoms with Gasteiger partial charge < -0.3 is 10.1 Å². The van der Waals surface area contributed by atoms with E-state index in [2.05, 4.69) is 16.2 Å². The van der Waals surface area contributed by atoms with E-state index in [-0.39, 0.29) is 18.9 Å². The Morgan fingerprint density at radius 2 is 2.19 bits per heavy atom. The Morgan fingerprint density at radius 3 is 2.90 bits per heavy atom. The minimum Gasteiger partial charge on any atom is -0.486 e. The molecule has 1 N–H and O–H groups in total. The van der Waals surface area contributed by atoms with Crippen LogP contribution in [0.2, 0.25) is 5.02 Å². The third kappa shape index (κ3) is 5.10. The second-order valence-corrected chi connectivity index (χ2v) is 5.51. The van der Waals surface area contributed by atoms with Gasteiger partial charge in [-0.25, -0.2) is 4.98 Å². The first-order chi connectivity index (χ1) is 10.2. The van der Waals surface area contributed by atoms with E-state index in [4.69, 9.17) is 22.8 Å². The summed E-state index contributed by atoms with van der Waals surface area (Å²) in [5.41, 5.74) is 0.712. The second kappa shape index (κ2) is 7.67. The Labute approximate surface area is 132 Å². The molecular weight excluding hydrogens is 308 g/mol. The number of nitrogens with zero attached hydrogens (tertiary/aromatic N) is 1. The first-order valence-corrected chi connectivity index (χ1v) is 7.45. The summed E-state index contributed by atoms with van der Waals surface area (Å²) in [5.74, 6) is 2.94. The van der Waals surface area contributed by atoms with E-state index in [0.29, 0.717) is 17.3 Å². The van der Waals surface area contributed by atoms with Crippen molar-refractivity contribution in [1.82, 2.24) is 10.3 Å². The number of amides is 1. The van der Waals surface area contributed by atoms with Crippen LogP contribution in [0.25, 0.3) is 0 Å². The Morgan fingerprint density at radius 1 is 1.43 bits per heavy atom. The minimum atomic E-state index is -0.136. The maximum absolute atomic E-state index is 11.5. The molecule has 0 aliphatic carbocycles. The van der Waals surface area contributed by atoms with Crippen LogP contribution >= 0.6 is 22.9 Å². The first kappa shape index (κ1) is 15.4. The van der Waals surface area contributed by atoms with Crippen LogP contribution in [-0.4, -0.2) is 17.4 Å². The van der Waals surface area contributed by atoms with E-state index >= 15 is 0 Å². The van der Waals surface area contributed by atoms with Crippen LogP contribution in [0.15, 0.2) is 29.6 Å². The van der Waals surface area contributed by atoms with E-state index in [1.807, 2.05) is 5.38 Å². The molecule has 0 bridgehead atoms. The number of benzene rings is 1. The van der Waals surface area contributed by atoms with Gasteiger partial charge in [-0.1, -0.05) is 17.5 Å². The smallest absolute Gasteiger partial charge is 0.226 e. The van der Waals surface area contributed by atoms with Crippen LogP contribution in [0.5, 0.6) is 5.75 Å². The van der Waals surface area contributed by atoms with E-state index in [1.54, 1.807) is 24.3 Å². The highest BCUT2D eigenvalue weighted by molar-refractivity contribution is 7.09. The third-order valence-electron chi connectivity index (χ3n) is 2.50. The van der Waals surface area contributed by atoms with Gasteiger partial charge in [0.25, 0.3) is 0 Å². The lowest BCUT2D eigenvalue weighted by Crippen LogP contribution is -2.25. The molecule has 2 aromatic rings. The summed E-state index contributed by atoms with van der Waals surface area (Å²) in [4.78, 5) is 15.9. The molecule has 0 radical (unpaired) electrons. The number of nitrogens with one attached hydrogen (secondary N) is 1. The molecule has 0 unspecified atom stereocenters. The van der Waals surface area contributed by atoms with Crippen molar-refractivity contribution in [2.45, 2.75) is 13.0 Å². The van der Waals surface area contributed by atoms with Crippen molar-refractivity contribution in [3.8, 4) is 18.1 Å². The number of ether oxygens (including phenoxy) is 1. The molecule has 0 aliphatic heterocycles. The lowest BCUT2D eigenvalue weighted by atomic mass is 10.3. The van der Waals surface area contributed by atoms with E-state index in [0.717, 1.165) is 10.8 Å². The van der Waals surface area contributed by atoms with Crippen LogP contribution in [0, 0.1) is 12.3 Å². The first-order valence-electron chi connectivity index (χ1n) is 6.19. The summed E-state index contributed by atoms with van der Waals surface area (Å²) in [6.45, 7) is 0.591. The lowest BCUT2D eigenvalue weighted by Gasteiger charge is -2.03. The number of carbonyl (C=O) groups excluding carboxylic acids is 1. The van der Waals surface area contributed by atoms with Crippen molar-refractivity contribution in [2.24, 2.45) is 0 Å². The van der Waals surface area contributed by atoms with Crippen molar-refractivity contribution in [1.29, 1.82) is 0 Å². The second-order valence-electron chi connectivity index (χ2n) is 4.13. The molecule has 1 aromatic carbocycles. The quantitative estimate of drug-likeness (QED) is 0.833. The van der Waals surface area contributed by atoms with Crippen molar-refractivity contribution < 1.29 is 9.53 Å². The molecule has 0 spiro atoms. The number of thiazole rings is 1. The zero-order valence-corrected chi connectivity index (χ0v) is 12.7. The van der Waals surface area contributed by atoms with Crippen LogP contribution in [0.3, 0.4) is 0 Å². The predicted octanol–water partition coefficient (Wildman–Crippen LogP) is 2.67. The van der Waals surface area contributed by atoms with Gasteiger partial charge in [0.15, 0.2) is 0 Å². The van der Waals surface area contributed by atoms with Crippen molar-refractivity contribution in [3.05, 3.63) is 45.4 Å². The molecule has 0 saturated carbocycles. The zero-order chi connectivity index (χ0) is 15.1. The summed E-state index contributed by atoms with van der Waals surface area (Å²) < 4.78 is 5.59. The SMILES string of the molecule is C#CCNC(=O)Cc1csc(COc2ccc(Cl)cc2)n1. The molecule has 1 heterocycles. The van der Waals surface area contributed by atoms with Crippen molar-refractivity contribution in [3.63, 3.8) is 0 Å². The minimum absolute atomic E-state index is 0.136. The maximum Gasteiger partial charge on any atom is 0.226 e. The number of carbonyl (C=O) groups is 1. The fourth-order valence-electron chi connectivity index (χ4n) is 1.55. The van der Waals surface area contributed by atoms with Crippen LogP contribution in [0.4, 0.5) is 0 Å². The molecule has 1 amide bonds.